The van der Waals surface area contributed by atoms with Crippen LogP contribution in [-0.2, 0) is 0 Å². The van der Waals surface area contributed by atoms with Crippen LogP contribution in [0.1, 0.15) is 0 Å². The molecule has 0 atom stereocenters. The summed E-state index contributed by atoms with van der Waals surface area (Å²) in [5.41, 5.74) is 1.71. The number of rotatable bonds is 1. The lowest BCUT2D eigenvalue weighted by molar-refractivity contribution is 0.616. The second-order valence-corrected chi connectivity index (χ2v) is 3.11. The molecule has 15 heavy (non-hydrogen) atoms. The predicted octanol–water partition coefficient (Wildman–Crippen LogP) is 2.28. The van der Waals surface area contributed by atoms with Crippen molar-refractivity contribution >= 4 is 11.0 Å². The molecule has 3 rings (SSSR count). The highest BCUT2D eigenvalue weighted by Gasteiger charge is 2.09. The lowest BCUT2D eigenvalue weighted by Gasteiger charge is -1.93. The molecule has 4 heteroatoms. The molecule has 0 aliphatic carbocycles. The third kappa shape index (κ3) is 1.27. The normalized spacial score (nSPS) is 10.7. The number of aromatic nitrogens is 3. The molecule has 0 aliphatic heterocycles. The van der Waals surface area contributed by atoms with Crippen LogP contribution in [0.4, 0.5) is 0 Å². The molecule has 0 saturated carbocycles. The summed E-state index contributed by atoms with van der Waals surface area (Å²) in [6, 6.07) is 7.77. The van der Waals surface area contributed by atoms with Crippen molar-refractivity contribution in [3.63, 3.8) is 0 Å². The quantitative estimate of drug-likeness (QED) is 0.600. The molecule has 4 nitrogen and oxygen atoms in total. The van der Waals surface area contributed by atoms with Gasteiger partial charge in [0.15, 0.2) is 5.82 Å². The van der Waals surface area contributed by atoms with Gasteiger partial charge in [0.25, 0.3) is 0 Å². The summed E-state index contributed by atoms with van der Waals surface area (Å²) in [6.45, 7) is 0. The molecule has 0 aliphatic rings. The maximum Gasteiger partial charge on any atom is 0.185 e. The summed E-state index contributed by atoms with van der Waals surface area (Å²) in [6.07, 6.45) is 4.82. The van der Waals surface area contributed by atoms with E-state index in [1.807, 2.05) is 24.3 Å². The molecule has 3 aromatic rings. The van der Waals surface area contributed by atoms with Gasteiger partial charge in [-0.3, -0.25) is 0 Å². The topological polar surface area (TPSA) is 51.8 Å². The van der Waals surface area contributed by atoms with Gasteiger partial charge < -0.3 is 4.42 Å². The first-order chi connectivity index (χ1) is 7.45. The first-order valence-electron chi connectivity index (χ1n) is 4.55. The van der Waals surface area contributed by atoms with Crippen LogP contribution in [0.25, 0.3) is 22.4 Å². The Hall–Kier alpha value is -2.23. The molecule has 1 aromatic carbocycles. The van der Waals surface area contributed by atoms with E-state index in [0.717, 1.165) is 16.5 Å². The number of benzene rings is 1. The van der Waals surface area contributed by atoms with E-state index in [1.165, 1.54) is 0 Å². The second-order valence-electron chi connectivity index (χ2n) is 3.11. The Kier molecular flexibility index (Phi) is 1.71. The maximum atomic E-state index is 5.40. The SMILES string of the molecule is c1ccc2c(-c3nccnn3)coc2c1. The van der Waals surface area contributed by atoms with Crippen molar-refractivity contribution in [1.82, 2.24) is 15.2 Å². The van der Waals surface area contributed by atoms with Crippen molar-refractivity contribution < 1.29 is 4.42 Å². The van der Waals surface area contributed by atoms with Crippen molar-refractivity contribution in [2.75, 3.05) is 0 Å². The minimum atomic E-state index is 0.586. The van der Waals surface area contributed by atoms with Crippen LogP contribution in [0.2, 0.25) is 0 Å². The number of fused-ring (bicyclic) bond motifs is 1. The summed E-state index contributed by atoms with van der Waals surface area (Å²) in [4.78, 5) is 4.14. The largest absolute Gasteiger partial charge is 0.464 e. The zero-order chi connectivity index (χ0) is 10.1. The first kappa shape index (κ1) is 8.11. The third-order valence-electron chi connectivity index (χ3n) is 2.20. The number of nitrogens with zero attached hydrogens (tertiary/aromatic N) is 3. The van der Waals surface area contributed by atoms with Crippen LogP contribution >= 0.6 is 0 Å². The van der Waals surface area contributed by atoms with Crippen LogP contribution in [0.15, 0.2) is 47.3 Å². The Bertz CT molecular complexity index is 589. The van der Waals surface area contributed by atoms with Gasteiger partial charge in [0.1, 0.15) is 11.8 Å². The van der Waals surface area contributed by atoms with Crippen LogP contribution in [0.3, 0.4) is 0 Å². The zero-order valence-corrected chi connectivity index (χ0v) is 7.79. The average molecular weight is 197 g/mol. The summed E-state index contributed by atoms with van der Waals surface area (Å²) >= 11 is 0. The maximum absolute atomic E-state index is 5.40. The van der Waals surface area contributed by atoms with E-state index in [2.05, 4.69) is 15.2 Å². The first-order valence-corrected chi connectivity index (χ1v) is 4.55. The molecule has 72 valence electrons. The highest BCUT2D eigenvalue weighted by Crippen LogP contribution is 2.27. The minimum absolute atomic E-state index is 0.586. The van der Waals surface area contributed by atoms with Gasteiger partial charge in [-0.2, -0.15) is 5.10 Å². The predicted molar refractivity (Wildman–Crippen MR) is 55.0 cm³/mol. The van der Waals surface area contributed by atoms with Crippen molar-refractivity contribution in [1.29, 1.82) is 0 Å². The molecule has 0 bridgehead atoms. The molecule has 0 amide bonds. The molecule has 2 aromatic heterocycles. The summed E-state index contributed by atoms with van der Waals surface area (Å²) in [5, 5.41) is 8.75. The molecule has 0 N–H and O–H groups in total. The minimum Gasteiger partial charge on any atom is -0.464 e. The van der Waals surface area contributed by atoms with Gasteiger partial charge in [-0.1, -0.05) is 18.2 Å². The van der Waals surface area contributed by atoms with Crippen LogP contribution in [0.5, 0.6) is 0 Å². The van der Waals surface area contributed by atoms with E-state index in [9.17, 15) is 0 Å². The van der Waals surface area contributed by atoms with E-state index >= 15 is 0 Å². The van der Waals surface area contributed by atoms with E-state index in [4.69, 9.17) is 4.42 Å². The summed E-state index contributed by atoms with van der Waals surface area (Å²) in [5.74, 6) is 0.586. The zero-order valence-electron chi connectivity index (χ0n) is 7.79. The van der Waals surface area contributed by atoms with Gasteiger partial charge in [-0.15, -0.1) is 5.10 Å². The van der Waals surface area contributed by atoms with Crippen molar-refractivity contribution in [3.8, 4) is 11.4 Å². The molecular formula is C11H7N3O. The van der Waals surface area contributed by atoms with Gasteiger partial charge >= 0.3 is 0 Å². The monoisotopic (exact) mass is 197 g/mol. The van der Waals surface area contributed by atoms with Crippen molar-refractivity contribution in [3.05, 3.63) is 42.9 Å². The Morgan fingerprint density at radius 2 is 2.00 bits per heavy atom. The van der Waals surface area contributed by atoms with Crippen LogP contribution < -0.4 is 0 Å². The summed E-state index contributed by atoms with van der Waals surface area (Å²) in [7, 11) is 0. The molecule has 0 radical (unpaired) electrons. The van der Waals surface area contributed by atoms with E-state index < -0.39 is 0 Å². The van der Waals surface area contributed by atoms with Crippen molar-refractivity contribution in [2.24, 2.45) is 0 Å². The number of hydrogen-bond acceptors (Lipinski definition) is 4. The molecule has 0 fully saturated rings. The van der Waals surface area contributed by atoms with Crippen LogP contribution in [-0.4, -0.2) is 15.2 Å². The third-order valence-corrected chi connectivity index (χ3v) is 2.20. The molecule has 2 heterocycles. The fourth-order valence-corrected chi connectivity index (χ4v) is 1.52. The molecule has 0 unspecified atom stereocenters. The number of para-hydroxylation sites is 1. The Balaban J connectivity index is 2.28. The van der Waals surface area contributed by atoms with Crippen molar-refractivity contribution in [2.45, 2.75) is 0 Å². The molecule has 0 saturated heterocycles. The van der Waals surface area contributed by atoms with Crippen LogP contribution in [0, 0.1) is 0 Å². The molecule has 0 spiro atoms. The van der Waals surface area contributed by atoms with Gasteiger partial charge in [-0.25, -0.2) is 4.98 Å². The van der Waals surface area contributed by atoms with Gasteiger partial charge in [-0.05, 0) is 6.07 Å². The number of hydrogen-bond donors (Lipinski definition) is 0. The summed E-state index contributed by atoms with van der Waals surface area (Å²) < 4.78 is 5.40. The van der Waals surface area contributed by atoms with E-state index in [-0.39, 0.29) is 0 Å². The highest BCUT2D eigenvalue weighted by atomic mass is 16.3. The average Bonchev–Trinajstić information content (AvgIpc) is 2.74. The lowest BCUT2D eigenvalue weighted by atomic mass is 10.2. The Morgan fingerprint density at radius 3 is 2.87 bits per heavy atom. The standard InChI is InChI=1S/C11H7N3O/c1-2-4-10-8(3-1)9(7-15-10)11-12-5-6-13-14-11/h1-7H. The fourth-order valence-electron chi connectivity index (χ4n) is 1.52. The smallest absolute Gasteiger partial charge is 0.185 e. The van der Waals surface area contributed by atoms with E-state index in [0.29, 0.717) is 5.82 Å². The van der Waals surface area contributed by atoms with E-state index in [1.54, 1.807) is 18.7 Å². The number of furan rings is 1. The van der Waals surface area contributed by atoms with Gasteiger partial charge in [0, 0.05) is 11.6 Å². The highest BCUT2D eigenvalue weighted by molar-refractivity contribution is 5.91. The van der Waals surface area contributed by atoms with Gasteiger partial charge in [0.05, 0.1) is 11.8 Å². The van der Waals surface area contributed by atoms with Gasteiger partial charge in [0.2, 0.25) is 0 Å². The molecular weight excluding hydrogens is 190 g/mol. The second kappa shape index (κ2) is 3.16. The Labute approximate surface area is 85.6 Å². The fraction of sp³-hybridized carbons (Fsp3) is 0. The lowest BCUT2D eigenvalue weighted by Crippen LogP contribution is -1.88. The Morgan fingerprint density at radius 1 is 1.07 bits per heavy atom.